The van der Waals surface area contributed by atoms with Gasteiger partial charge in [-0.05, 0) is 44.9 Å². The molecule has 0 aliphatic heterocycles. The number of unbranched alkanes of at least 4 members (excludes halogenated alkanes) is 2. The molecule has 3 heteroatoms. The van der Waals surface area contributed by atoms with E-state index in [0.29, 0.717) is 6.04 Å². The van der Waals surface area contributed by atoms with Crippen molar-refractivity contribution in [1.82, 2.24) is 0 Å². The first kappa shape index (κ1) is 15.2. The molecule has 0 aliphatic carbocycles. The van der Waals surface area contributed by atoms with Crippen LogP contribution in [0.1, 0.15) is 45.6 Å². The van der Waals surface area contributed by atoms with Crippen molar-refractivity contribution in [3.05, 3.63) is 22.7 Å². The molecule has 0 aliphatic rings. The van der Waals surface area contributed by atoms with Crippen molar-refractivity contribution in [2.24, 2.45) is 0 Å². The molecule has 1 aromatic rings. The third-order valence-electron chi connectivity index (χ3n) is 3.31. The summed E-state index contributed by atoms with van der Waals surface area (Å²) in [6.07, 6.45) is 3.68. The van der Waals surface area contributed by atoms with Crippen LogP contribution in [0.4, 0.5) is 11.4 Å². The number of hydrogen-bond donors (Lipinski definition) is 1. The van der Waals surface area contributed by atoms with Crippen LogP contribution in [0.15, 0.2) is 12.1 Å². The standard InChI is InChI=1S/C15H25ClN2/c1-5-6-7-10-18(11(2)3)15-12(4)13(16)8-9-14(15)17/h8-9,11H,5-7,10,17H2,1-4H3. The number of halogens is 1. The van der Waals surface area contributed by atoms with Gasteiger partial charge in [-0.1, -0.05) is 31.4 Å². The van der Waals surface area contributed by atoms with Crippen molar-refractivity contribution in [1.29, 1.82) is 0 Å². The summed E-state index contributed by atoms with van der Waals surface area (Å²) in [4.78, 5) is 2.37. The summed E-state index contributed by atoms with van der Waals surface area (Å²) >= 11 is 6.21. The summed E-state index contributed by atoms with van der Waals surface area (Å²) in [6, 6.07) is 4.21. The fraction of sp³-hybridized carbons (Fsp3) is 0.600. The largest absolute Gasteiger partial charge is 0.397 e. The van der Waals surface area contributed by atoms with Crippen LogP contribution in [0.5, 0.6) is 0 Å². The van der Waals surface area contributed by atoms with Crippen molar-refractivity contribution >= 4 is 23.0 Å². The lowest BCUT2D eigenvalue weighted by Crippen LogP contribution is -2.33. The van der Waals surface area contributed by atoms with E-state index >= 15 is 0 Å². The molecule has 0 saturated heterocycles. The van der Waals surface area contributed by atoms with E-state index in [2.05, 4.69) is 25.7 Å². The second kappa shape index (κ2) is 6.89. The van der Waals surface area contributed by atoms with Gasteiger partial charge >= 0.3 is 0 Å². The molecule has 0 aromatic heterocycles. The smallest absolute Gasteiger partial charge is 0.0646 e. The van der Waals surface area contributed by atoms with Crippen LogP contribution in [0.3, 0.4) is 0 Å². The van der Waals surface area contributed by atoms with E-state index in [1.54, 1.807) is 0 Å². The quantitative estimate of drug-likeness (QED) is 0.602. The van der Waals surface area contributed by atoms with E-state index in [1.807, 2.05) is 19.1 Å². The first-order chi connectivity index (χ1) is 8.49. The fourth-order valence-electron chi connectivity index (χ4n) is 2.24. The molecule has 0 saturated carbocycles. The predicted molar refractivity (Wildman–Crippen MR) is 82.6 cm³/mol. The molecule has 0 unspecified atom stereocenters. The topological polar surface area (TPSA) is 29.3 Å². The molecule has 0 heterocycles. The molecule has 0 fully saturated rings. The zero-order chi connectivity index (χ0) is 13.7. The van der Waals surface area contributed by atoms with E-state index in [9.17, 15) is 0 Å². The van der Waals surface area contributed by atoms with Crippen LogP contribution in [-0.4, -0.2) is 12.6 Å². The van der Waals surface area contributed by atoms with Crippen molar-refractivity contribution in [2.45, 2.75) is 53.0 Å². The molecular formula is C15H25ClN2. The highest BCUT2D eigenvalue weighted by Gasteiger charge is 2.17. The second-order valence-electron chi connectivity index (χ2n) is 5.10. The molecule has 0 radical (unpaired) electrons. The normalized spacial score (nSPS) is 11.0. The number of benzene rings is 1. The van der Waals surface area contributed by atoms with Crippen LogP contribution < -0.4 is 10.6 Å². The third kappa shape index (κ3) is 3.55. The number of nitrogens with two attached hydrogens (primary N) is 1. The average Bonchev–Trinajstić information content (AvgIpc) is 2.32. The third-order valence-corrected chi connectivity index (χ3v) is 3.72. The van der Waals surface area contributed by atoms with Crippen molar-refractivity contribution in [2.75, 3.05) is 17.2 Å². The van der Waals surface area contributed by atoms with Crippen molar-refractivity contribution < 1.29 is 0 Å². The Kier molecular flexibility index (Phi) is 5.80. The molecule has 0 amide bonds. The van der Waals surface area contributed by atoms with Gasteiger partial charge in [0.15, 0.2) is 0 Å². The summed E-state index contributed by atoms with van der Waals surface area (Å²) in [5.41, 5.74) is 9.14. The summed E-state index contributed by atoms with van der Waals surface area (Å²) in [5.74, 6) is 0. The maximum absolute atomic E-state index is 6.21. The minimum absolute atomic E-state index is 0.432. The maximum Gasteiger partial charge on any atom is 0.0646 e. The van der Waals surface area contributed by atoms with E-state index in [-0.39, 0.29) is 0 Å². The van der Waals surface area contributed by atoms with Crippen molar-refractivity contribution in [3.8, 4) is 0 Å². The lowest BCUT2D eigenvalue weighted by molar-refractivity contribution is 0.625. The maximum atomic E-state index is 6.21. The van der Waals surface area contributed by atoms with E-state index < -0.39 is 0 Å². The van der Waals surface area contributed by atoms with Gasteiger partial charge in [0.05, 0.1) is 11.4 Å². The zero-order valence-corrected chi connectivity index (χ0v) is 12.7. The van der Waals surface area contributed by atoms with E-state index in [1.165, 1.54) is 19.3 Å². The Bertz CT molecular complexity index is 388. The predicted octanol–water partition coefficient (Wildman–Crippen LogP) is 4.64. The van der Waals surface area contributed by atoms with Gasteiger partial charge in [0.1, 0.15) is 0 Å². The van der Waals surface area contributed by atoms with Gasteiger partial charge in [0.2, 0.25) is 0 Å². The number of rotatable bonds is 6. The highest BCUT2D eigenvalue weighted by atomic mass is 35.5. The van der Waals surface area contributed by atoms with Crippen LogP contribution in [-0.2, 0) is 0 Å². The highest BCUT2D eigenvalue weighted by Crippen LogP contribution is 2.34. The van der Waals surface area contributed by atoms with Gasteiger partial charge in [-0.25, -0.2) is 0 Å². The number of nitrogens with zero attached hydrogens (tertiary/aromatic N) is 1. The molecule has 102 valence electrons. The van der Waals surface area contributed by atoms with Gasteiger partial charge < -0.3 is 10.6 Å². The van der Waals surface area contributed by atoms with E-state index in [0.717, 1.165) is 28.5 Å². The Morgan fingerprint density at radius 3 is 2.50 bits per heavy atom. The lowest BCUT2D eigenvalue weighted by atomic mass is 10.1. The minimum atomic E-state index is 0.432. The molecule has 2 nitrogen and oxygen atoms in total. The number of hydrogen-bond acceptors (Lipinski definition) is 2. The Balaban J connectivity index is 3.02. The Labute approximate surface area is 116 Å². The highest BCUT2D eigenvalue weighted by molar-refractivity contribution is 6.32. The van der Waals surface area contributed by atoms with Crippen LogP contribution in [0.2, 0.25) is 5.02 Å². The molecule has 1 aromatic carbocycles. The molecular weight excluding hydrogens is 244 g/mol. The van der Waals surface area contributed by atoms with Crippen LogP contribution in [0.25, 0.3) is 0 Å². The molecule has 18 heavy (non-hydrogen) atoms. The SMILES string of the molecule is CCCCCN(c1c(N)ccc(Cl)c1C)C(C)C. The number of nitrogen functional groups attached to an aromatic ring is 1. The molecule has 0 spiro atoms. The van der Waals surface area contributed by atoms with Crippen LogP contribution >= 0.6 is 11.6 Å². The molecule has 0 atom stereocenters. The fourth-order valence-corrected chi connectivity index (χ4v) is 2.39. The first-order valence-electron chi connectivity index (χ1n) is 6.80. The Morgan fingerprint density at radius 2 is 1.94 bits per heavy atom. The first-order valence-corrected chi connectivity index (χ1v) is 7.18. The molecule has 2 N–H and O–H groups in total. The van der Waals surface area contributed by atoms with Gasteiger partial charge in [-0.2, -0.15) is 0 Å². The Hall–Kier alpha value is -0.890. The lowest BCUT2D eigenvalue weighted by Gasteiger charge is -2.32. The van der Waals surface area contributed by atoms with Gasteiger partial charge in [-0.15, -0.1) is 0 Å². The number of anilines is 2. The summed E-state index contributed by atoms with van der Waals surface area (Å²) in [7, 11) is 0. The second-order valence-corrected chi connectivity index (χ2v) is 5.51. The monoisotopic (exact) mass is 268 g/mol. The van der Waals surface area contributed by atoms with Gasteiger partial charge in [0, 0.05) is 17.6 Å². The zero-order valence-electron chi connectivity index (χ0n) is 12.0. The summed E-state index contributed by atoms with van der Waals surface area (Å²) in [5, 5.41) is 0.792. The van der Waals surface area contributed by atoms with Gasteiger partial charge in [-0.3, -0.25) is 0 Å². The molecule has 0 bridgehead atoms. The van der Waals surface area contributed by atoms with Gasteiger partial charge in [0.25, 0.3) is 0 Å². The average molecular weight is 269 g/mol. The van der Waals surface area contributed by atoms with E-state index in [4.69, 9.17) is 17.3 Å². The summed E-state index contributed by atoms with van der Waals surface area (Å²) < 4.78 is 0. The molecule has 1 rings (SSSR count). The minimum Gasteiger partial charge on any atom is -0.397 e. The van der Waals surface area contributed by atoms with Crippen molar-refractivity contribution in [3.63, 3.8) is 0 Å². The van der Waals surface area contributed by atoms with Crippen LogP contribution in [0, 0.1) is 6.92 Å². The summed E-state index contributed by atoms with van der Waals surface area (Å²) in [6.45, 7) is 9.70. The Morgan fingerprint density at radius 1 is 1.28 bits per heavy atom.